The second kappa shape index (κ2) is 26.8. The van der Waals surface area contributed by atoms with Gasteiger partial charge in [0.2, 0.25) is 23.6 Å². The Labute approximate surface area is 388 Å². The summed E-state index contributed by atoms with van der Waals surface area (Å²) in [7, 11) is 6.61. The van der Waals surface area contributed by atoms with Crippen molar-refractivity contribution in [2.45, 2.75) is 175 Å². The number of rotatable bonds is 27. The first-order chi connectivity index (χ1) is 30.4. The molecule has 9 atom stereocenters. The van der Waals surface area contributed by atoms with E-state index in [1.807, 2.05) is 53.5 Å². The molecule has 4 amide bonds. The number of nitrogens with one attached hydrogen (secondary N) is 2. The normalized spacial score (nSPS) is 18.0. The predicted molar refractivity (Wildman–Crippen MR) is 250 cm³/mol. The molecule has 65 heavy (non-hydrogen) atoms. The molecule has 4 N–H and O–H groups in total. The highest BCUT2D eigenvalue weighted by molar-refractivity contribution is 5.90. The van der Waals surface area contributed by atoms with Gasteiger partial charge in [0, 0.05) is 40.7 Å². The number of carbonyl (C=O) groups is 6. The molecule has 0 saturated carbocycles. The van der Waals surface area contributed by atoms with Crippen molar-refractivity contribution in [3.63, 3.8) is 0 Å². The van der Waals surface area contributed by atoms with Gasteiger partial charge in [0.25, 0.3) is 0 Å². The molecule has 370 valence electrons. The molecule has 16 heteroatoms. The first-order valence-electron chi connectivity index (χ1n) is 23.5. The Morgan fingerprint density at radius 3 is 2.03 bits per heavy atom. The Balaban J connectivity index is 2.29. The lowest BCUT2D eigenvalue weighted by Crippen LogP contribution is -2.60. The number of phenols is 1. The van der Waals surface area contributed by atoms with Crippen molar-refractivity contribution in [3.8, 4) is 5.75 Å². The van der Waals surface area contributed by atoms with Gasteiger partial charge in [-0.05, 0) is 95.5 Å². The number of likely N-dealkylation sites (tertiary alicyclic amines) is 1. The van der Waals surface area contributed by atoms with E-state index in [9.17, 15) is 33.9 Å². The summed E-state index contributed by atoms with van der Waals surface area (Å²) in [5, 5.41) is 24.7. The summed E-state index contributed by atoms with van der Waals surface area (Å²) >= 11 is 0. The minimum absolute atomic E-state index is 0.0463. The number of nitrogens with zero attached hydrogens (tertiary/aromatic N) is 3. The molecular formula is C49H83N5O11. The van der Waals surface area contributed by atoms with Crippen molar-refractivity contribution in [2.24, 2.45) is 23.7 Å². The average Bonchev–Trinajstić information content (AvgIpc) is 3.71. The summed E-state index contributed by atoms with van der Waals surface area (Å²) in [5.41, 5.74) is -0.0878. The number of aromatic hydroxyl groups is 1. The number of amides is 4. The van der Waals surface area contributed by atoms with Crippen LogP contribution in [0.1, 0.15) is 126 Å². The summed E-state index contributed by atoms with van der Waals surface area (Å²) in [6, 6.07) is 3.00. The van der Waals surface area contributed by atoms with Crippen LogP contribution < -0.4 is 10.6 Å². The van der Waals surface area contributed by atoms with Crippen LogP contribution in [-0.4, -0.2) is 150 Å². The molecule has 1 saturated heterocycles. The van der Waals surface area contributed by atoms with Crippen LogP contribution in [-0.2, 0) is 49.4 Å². The summed E-state index contributed by atoms with van der Waals surface area (Å²) in [4.78, 5) is 86.6. The van der Waals surface area contributed by atoms with E-state index in [1.165, 1.54) is 26.4 Å². The van der Waals surface area contributed by atoms with Gasteiger partial charge in [-0.3, -0.25) is 28.9 Å². The zero-order valence-corrected chi connectivity index (χ0v) is 41.8. The molecular weight excluding hydrogens is 835 g/mol. The van der Waals surface area contributed by atoms with Gasteiger partial charge in [-0.1, -0.05) is 73.4 Å². The van der Waals surface area contributed by atoms with E-state index in [2.05, 4.69) is 10.6 Å². The molecule has 0 aromatic heterocycles. The first kappa shape index (κ1) is 56.8. The van der Waals surface area contributed by atoms with E-state index in [-0.39, 0.29) is 60.5 Å². The standard InChI is InChI=1S/C49H83N5O11/c1-15-32(6)43(53(12)47(61)41(30(2)3)51-46(60)42(31(4)5)52(11)26-18-16-17-21-40(57)58)38(63-13)29-39(56)54-27-19-20-37(54)44(64-14)33(7)45(59)50-36(48(62)65-49(8,9)10)28-34-22-24-35(55)25-23-34/h22-25,30-33,36-38,41-44,55H,15-21,26-29H2,1-14H3,(H,50,59)(H,51,60)(H,57,58)/t32-,33+,36-,37-,38+,41-,42-,43-,44+/m0/s1. The summed E-state index contributed by atoms with van der Waals surface area (Å²) in [6.07, 6.45) is 2.75. The number of esters is 1. The monoisotopic (exact) mass is 918 g/mol. The third-order valence-corrected chi connectivity index (χ3v) is 12.6. The molecule has 1 heterocycles. The number of phenolic OH excluding ortho intramolecular Hbond substituents is 1. The van der Waals surface area contributed by atoms with Gasteiger partial charge >= 0.3 is 11.9 Å². The molecule has 0 spiro atoms. The minimum atomic E-state index is -1.03. The van der Waals surface area contributed by atoms with Gasteiger partial charge in [0.05, 0.1) is 42.7 Å². The molecule has 1 fully saturated rings. The number of carboxylic acids is 1. The second-order valence-corrected chi connectivity index (χ2v) is 19.7. The number of aliphatic carboxylic acids is 1. The SMILES string of the molecule is CC[C@H](C)[C@@H]([C@@H](CC(=O)N1CCC[C@H]1[C@H](OC)[C@@H](C)C(=O)N[C@@H](Cc1ccc(O)cc1)C(=O)OC(C)(C)C)OC)N(C)C(=O)[C@@H](NC(=O)[C@H](C(C)C)N(C)CCCCCC(=O)O)C(C)C. The van der Waals surface area contributed by atoms with Crippen LogP contribution >= 0.6 is 0 Å². The second-order valence-electron chi connectivity index (χ2n) is 19.7. The van der Waals surface area contributed by atoms with Crippen LogP contribution in [0.25, 0.3) is 0 Å². The van der Waals surface area contributed by atoms with Crippen LogP contribution in [0.15, 0.2) is 24.3 Å². The molecule has 2 rings (SSSR count). The Morgan fingerprint density at radius 1 is 0.877 bits per heavy atom. The average molecular weight is 918 g/mol. The number of hydrogen-bond acceptors (Lipinski definition) is 11. The lowest BCUT2D eigenvalue weighted by Gasteiger charge is -2.41. The van der Waals surface area contributed by atoms with Crippen LogP contribution in [0.2, 0.25) is 0 Å². The predicted octanol–water partition coefficient (Wildman–Crippen LogP) is 5.42. The highest BCUT2D eigenvalue weighted by Gasteiger charge is 2.44. The van der Waals surface area contributed by atoms with Gasteiger partial charge in [0.1, 0.15) is 23.4 Å². The van der Waals surface area contributed by atoms with E-state index in [0.717, 1.165) is 12.8 Å². The van der Waals surface area contributed by atoms with Crippen LogP contribution in [0, 0.1) is 23.7 Å². The van der Waals surface area contributed by atoms with Gasteiger partial charge in [-0.15, -0.1) is 0 Å². The number of carbonyl (C=O) groups excluding carboxylic acids is 5. The van der Waals surface area contributed by atoms with E-state index < -0.39 is 71.8 Å². The maximum absolute atomic E-state index is 14.5. The van der Waals surface area contributed by atoms with Crippen LogP contribution in [0.4, 0.5) is 0 Å². The molecule has 1 aromatic rings. The van der Waals surface area contributed by atoms with Crippen molar-refractivity contribution in [2.75, 3.05) is 41.4 Å². The maximum Gasteiger partial charge on any atom is 0.329 e. The minimum Gasteiger partial charge on any atom is -0.508 e. The summed E-state index contributed by atoms with van der Waals surface area (Å²) in [6.45, 7) is 19.7. The highest BCUT2D eigenvalue weighted by Crippen LogP contribution is 2.30. The molecule has 0 bridgehead atoms. The number of likely N-dealkylation sites (N-methyl/N-ethyl adjacent to an activating group) is 2. The molecule has 1 aliphatic heterocycles. The Kier molecular flexibility index (Phi) is 23.4. The van der Waals surface area contributed by atoms with Crippen molar-refractivity contribution >= 4 is 35.6 Å². The van der Waals surface area contributed by atoms with Crippen molar-refractivity contribution < 1.29 is 53.2 Å². The van der Waals surface area contributed by atoms with E-state index in [1.54, 1.807) is 56.7 Å². The summed E-state index contributed by atoms with van der Waals surface area (Å²) in [5.74, 6) is -3.75. The van der Waals surface area contributed by atoms with Gasteiger partial charge < -0.3 is 44.9 Å². The fraction of sp³-hybridized carbons (Fsp3) is 0.755. The lowest BCUT2D eigenvalue weighted by atomic mass is 9.89. The Hall–Kier alpha value is -4.28. The number of ether oxygens (including phenoxy) is 3. The highest BCUT2D eigenvalue weighted by atomic mass is 16.6. The number of benzene rings is 1. The quantitative estimate of drug-likeness (QED) is 0.0646. The molecule has 0 radical (unpaired) electrons. The fourth-order valence-electron chi connectivity index (χ4n) is 8.98. The number of unbranched alkanes of at least 4 members (excludes halogenated alkanes) is 2. The summed E-state index contributed by atoms with van der Waals surface area (Å²) < 4.78 is 17.7. The van der Waals surface area contributed by atoms with E-state index in [0.29, 0.717) is 44.3 Å². The van der Waals surface area contributed by atoms with E-state index in [4.69, 9.17) is 19.3 Å². The number of carboxylic acid groups (broad SMARTS) is 1. The molecule has 16 nitrogen and oxygen atoms in total. The van der Waals surface area contributed by atoms with Gasteiger partial charge in [0.15, 0.2) is 0 Å². The fourth-order valence-corrected chi connectivity index (χ4v) is 8.98. The van der Waals surface area contributed by atoms with E-state index >= 15 is 0 Å². The number of hydrogen-bond donors (Lipinski definition) is 4. The zero-order chi connectivity index (χ0) is 49.3. The molecule has 0 aliphatic carbocycles. The number of methoxy groups -OCH3 is 2. The smallest absolute Gasteiger partial charge is 0.329 e. The van der Waals surface area contributed by atoms with Gasteiger partial charge in [-0.2, -0.15) is 0 Å². The van der Waals surface area contributed by atoms with Crippen LogP contribution in [0.3, 0.4) is 0 Å². The molecule has 1 aromatic carbocycles. The molecule has 1 aliphatic rings. The largest absolute Gasteiger partial charge is 0.508 e. The zero-order valence-electron chi connectivity index (χ0n) is 41.8. The lowest BCUT2D eigenvalue weighted by molar-refractivity contribution is -0.159. The van der Waals surface area contributed by atoms with Crippen molar-refractivity contribution in [1.29, 1.82) is 0 Å². The third-order valence-electron chi connectivity index (χ3n) is 12.6. The topological polar surface area (TPSA) is 204 Å². The Bertz CT molecular complexity index is 1680. The van der Waals surface area contributed by atoms with Crippen molar-refractivity contribution in [3.05, 3.63) is 29.8 Å². The maximum atomic E-state index is 14.5. The molecule has 0 unspecified atom stereocenters. The van der Waals surface area contributed by atoms with Crippen molar-refractivity contribution in [1.82, 2.24) is 25.3 Å². The first-order valence-corrected chi connectivity index (χ1v) is 23.5. The third kappa shape index (κ3) is 17.5. The Morgan fingerprint density at radius 2 is 1.51 bits per heavy atom. The van der Waals surface area contributed by atoms with Gasteiger partial charge in [-0.25, -0.2) is 4.79 Å². The van der Waals surface area contributed by atoms with Crippen LogP contribution in [0.5, 0.6) is 5.75 Å².